The quantitative estimate of drug-likeness (QED) is 0.450. The van der Waals surface area contributed by atoms with Crippen molar-refractivity contribution in [2.75, 3.05) is 18.9 Å². The topological polar surface area (TPSA) is 143 Å². The van der Waals surface area contributed by atoms with Gasteiger partial charge in [0.2, 0.25) is 11.7 Å². The van der Waals surface area contributed by atoms with Crippen LogP contribution in [0, 0.1) is 5.92 Å². The highest BCUT2D eigenvalue weighted by atomic mass is 35.5. The van der Waals surface area contributed by atoms with Crippen molar-refractivity contribution >= 4 is 46.9 Å². The van der Waals surface area contributed by atoms with Crippen molar-refractivity contribution in [1.29, 1.82) is 0 Å². The first-order valence-electron chi connectivity index (χ1n) is 10.1. The van der Waals surface area contributed by atoms with Gasteiger partial charge in [0.15, 0.2) is 0 Å². The zero-order valence-electron chi connectivity index (χ0n) is 18.3. The number of amides is 4. The van der Waals surface area contributed by atoms with Crippen LogP contribution in [0.25, 0.3) is 0 Å². The van der Waals surface area contributed by atoms with Crippen molar-refractivity contribution in [2.24, 2.45) is 5.92 Å². The first kappa shape index (κ1) is 25.1. The van der Waals surface area contributed by atoms with E-state index in [1.165, 1.54) is 25.2 Å². The highest BCUT2D eigenvalue weighted by molar-refractivity contribution is 6.38. The molecule has 1 saturated heterocycles. The van der Waals surface area contributed by atoms with Crippen LogP contribution >= 0.6 is 11.6 Å². The number of Topliss-reactive ketones (excluding diaryl/α,β-unsaturated/α-hetero) is 1. The van der Waals surface area contributed by atoms with Crippen molar-refractivity contribution in [3.63, 3.8) is 0 Å². The summed E-state index contributed by atoms with van der Waals surface area (Å²) < 4.78 is 5.21. The minimum atomic E-state index is -1.25. The average Bonchev–Trinajstić information content (AvgIpc) is 3.10. The number of hydrogen-bond acceptors (Lipinski definition) is 6. The first-order valence-corrected chi connectivity index (χ1v) is 10.4. The lowest BCUT2D eigenvalue weighted by Gasteiger charge is -2.22. The molecular formula is C21H27ClN4O6. The molecule has 4 N–H and O–H groups in total. The van der Waals surface area contributed by atoms with Crippen LogP contribution in [0.2, 0.25) is 5.02 Å². The third kappa shape index (κ3) is 6.94. The highest BCUT2D eigenvalue weighted by Crippen LogP contribution is 2.23. The summed E-state index contributed by atoms with van der Waals surface area (Å²) >= 11 is 6.02. The summed E-state index contributed by atoms with van der Waals surface area (Å²) in [4.78, 5) is 61.6. The van der Waals surface area contributed by atoms with Crippen molar-refractivity contribution < 1.29 is 28.7 Å². The number of carbonyl (C=O) groups excluding carboxylic acids is 5. The molecule has 1 heterocycles. The Morgan fingerprint density at radius 2 is 1.94 bits per heavy atom. The summed E-state index contributed by atoms with van der Waals surface area (Å²) in [6, 6.07) is 2.96. The molecule has 10 nitrogen and oxygen atoms in total. The lowest BCUT2D eigenvalue weighted by atomic mass is 9.95. The fraction of sp³-hybridized carbons (Fsp3) is 0.476. The molecular weight excluding hydrogens is 440 g/mol. The van der Waals surface area contributed by atoms with E-state index in [1.807, 2.05) is 0 Å². The van der Waals surface area contributed by atoms with E-state index in [2.05, 4.69) is 21.3 Å². The molecule has 1 fully saturated rings. The standard InChI is InChI=1S/C21H27ClN4O6/c1-21(2,3)32-20(31)26-14-6-5-12(22)10-13(14)18(29)25-15(16(27)19(30)23-4)9-11-7-8-24-17(11)28/h5-6,10-11,15H,7-9H2,1-4H3,(H,23,30)(H,24,28)(H,25,29)(H,26,31)/t11-,15-/m0/s1. The molecule has 0 radical (unpaired) electrons. The van der Waals surface area contributed by atoms with Gasteiger partial charge in [-0.05, 0) is 51.8 Å². The molecule has 1 aliphatic rings. The normalized spacial score (nSPS) is 16.5. The van der Waals surface area contributed by atoms with Crippen molar-refractivity contribution in [3.8, 4) is 0 Å². The number of ether oxygens (including phenoxy) is 1. The van der Waals surface area contributed by atoms with E-state index < -0.39 is 41.3 Å². The van der Waals surface area contributed by atoms with Gasteiger partial charge in [-0.3, -0.25) is 24.5 Å². The molecule has 11 heteroatoms. The van der Waals surface area contributed by atoms with Crippen molar-refractivity contribution in [3.05, 3.63) is 28.8 Å². The molecule has 32 heavy (non-hydrogen) atoms. The van der Waals surface area contributed by atoms with Crippen LogP contribution < -0.4 is 21.3 Å². The molecule has 0 aromatic heterocycles. The number of anilines is 1. The summed E-state index contributed by atoms with van der Waals surface area (Å²) in [6.45, 7) is 5.53. The number of hydrogen-bond donors (Lipinski definition) is 4. The second-order valence-corrected chi connectivity index (χ2v) is 8.73. The van der Waals surface area contributed by atoms with Gasteiger partial charge >= 0.3 is 6.09 Å². The Hall–Kier alpha value is -3.14. The number of halogens is 1. The zero-order chi connectivity index (χ0) is 24.1. The van der Waals surface area contributed by atoms with E-state index in [-0.39, 0.29) is 28.6 Å². The number of carbonyl (C=O) groups is 5. The fourth-order valence-electron chi connectivity index (χ4n) is 3.13. The van der Waals surface area contributed by atoms with Crippen molar-refractivity contribution in [2.45, 2.75) is 45.3 Å². The van der Waals surface area contributed by atoms with E-state index in [4.69, 9.17) is 16.3 Å². The Morgan fingerprint density at radius 1 is 1.25 bits per heavy atom. The van der Waals surface area contributed by atoms with Gasteiger partial charge in [-0.2, -0.15) is 0 Å². The third-order valence-corrected chi connectivity index (χ3v) is 4.85. The van der Waals surface area contributed by atoms with Crippen LogP contribution in [0.5, 0.6) is 0 Å². The molecule has 1 aromatic rings. The molecule has 1 aliphatic heterocycles. The van der Waals surface area contributed by atoms with E-state index in [1.54, 1.807) is 20.8 Å². The minimum absolute atomic E-state index is 0.0334. The van der Waals surface area contributed by atoms with E-state index in [0.717, 1.165) is 0 Å². The third-order valence-electron chi connectivity index (χ3n) is 4.62. The molecule has 0 aliphatic carbocycles. The number of nitrogens with one attached hydrogen (secondary N) is 4. The monoisotopic (exact) mass is 466 g/mol. The Bertz CT molecular complexity index is 927. The summed E-state index contributed by atoms with van der Waals surface area (Å²) in [5, 5.41) is 10.1. The molecule has 1 aromatic carbocycles. The predicted molar refractivity (Wildman–Crippen MR) is 117 cm³/mol. The number of benzene rings is 1. The lowest BCUT2D eigenvalue weighted by molar-refractivity contribution is -0.139. The van der Waals surface area contributed by atoms with Crippen LogP contribution in [-0.2, 0) is 19.1 Å². The maximum atomic E-state index is 13.0. The summed E-state index contributed by atoms with van der Waals surface area (Å²) in [5.41, 5.74) is -0.689. The van der Waals surface area contributed by atoms with Gasteiger partial charge in [-0.1, -0.05) is 11.6 Å². The summed E-state index contributed by atoms with van der Waals surface area (Å²) in [6.07, 6.45) is -0.344. The predicted octanol–water partition coefficient (Wildman–Crippen LogP) is 1.63. The number of likely N-dealkylation sites (N-methyl/N-ethyl adjacent to an activating group) is 1. The van der Waals surface area contributed by atoms with Gasteiger partial charge in [0.1, 0.15) is 5.60 Å². The van der Waals surface area contributed by atoms with Gasteiger partial charge in [0.25, 0.3) is 11.8 Å². The van der Waals surface area contributed by atoms with Gasteiger partial charge in [0, 0.05) is 24.5 Å². The van der Waals surface area contributed by atoms with Gasteiger partial charge in [-0.25, -0.2) is 4.79 Å². The largest absolute Gasteiger partial charge is 0.444 e. The molecule has 0 bridgehead atoms. The van der Waals surface area contributed by atoms with Crippen LogP contribution in [0.15, 0.2) is 18.2 Å². The SMILES string of the molecule is CNC(=O)C(=O)[C@H](C[C@@H]1CCNC1=O)NC(=O)c1cc(Cl)ccc1NC(=O)OC(C)(C)C. The highest BCUT2D eigenvalue weighted by Gasteiger charge is 2.34. The maximum Gasteiger partial charge on any atom is 0.412 e. The van der Waals surface area contributed by atoms with Crippen LogP contribution in [-0.4, -0.2) is 54.8 Å². The van der Waals surface area contributed by atoms with Gasteiger partial charge in [0.05, 0.1) is 17.3 Å². The summed E-state index contributed by atoms with van der Waals surface area (Å²) in [7, 11) is 1.29. The molecule has 0 saturated carbocycles. The Balaban J connectivity index is 2.26. The molecule has 0 unspecified atom stereocenters. The minimum Gasteiger partial charge on any atom is -0.444 e. The second-order valence-electron chi connectivity index (χ2n) is 8.30. The van der Waals surface area contributed by atoms with Gasteiger partial charge in [-0.15, -0.1) is 0 Å². The summed E-state index contributed by atoms with van der Waals surface area (Å²) in [5.74, 6) is -3.30. The smallest absolute Gasteiger partial charge is 0.412 e. The Labute approximate surface area is 190 Å². The number of rotatable bonds is 7. The van der Waals surface area contributed by atoms with E-state index in [0.29, 0.717) is 13.0 Å². The Morgan fingerprint density at radius 3 is 2.50 bits per heavy atom. The second kappa shape index (κ2) is 10.4. The van der Waals surface area contributed by atoms with E-state index in [9.17, 15) is 24.0 Å². The zero-order valence-corrected chi connectivity index (χ0v) is 19.1. The molecule has 2 rings (SSSR count). The molecule has 4 amide bonds. The van der Waals surface area contributed by atoms with Gasteiger partial charge < -0.3 is 20.7 Å². The molecule has 2 atom stereocenters. The van der Waals surface area contributed by atoms with Crippen molar-refractivity contribution in [1.82, 2.24) is 16.0 Å². The number of ketones is 1. The maximum absolute atomic E-state index is 13.0. The first-order chi connectivity index (χ1) is 14.9. The van der Waals surface area contributed by atoms with Crippen LogP contribution in [0.3, 0.4) is 0 Å². The van der Waals surface area contributed by atoms with E-state index >= 15 is 0 Å². The Kier molecular flexibility index (Phi) is 8.20. The molecule has 0 spiro atoms. The van der Waals surface area contributed by atoms with Crippen LogP contribution in [0.4, 0.5) is 10.5 Å². The lowest BCUT2D eigenvalue weighted by Crippen LogP contribution is -2.48. The average molecular weight is 467 g/mol. The van der Waals surface area contributed by atoms with Crippen LogP contribution in [0.1, 0.15) is 44.0 Å². The fourth-order valence-corrected chi connectivity index (χ4v) is 3.30. The molecule has 174 valence electrons.